The number of hydrogen-bond donors (Lipinski definition) is 1. The van der Waals surface area contributed by atoms with Crippen molar-refractivity contribution in [1.82, 2.24) is 0 Å². The smallest absolute Gasteiger partial charge is 1.00 e. The predicted octanol–water partition coefficient (Wildman–Crippen LogP) is 2.23. The van der Waals surface area contributed by atoms with Gasteiger partial charge in [-0.2, -0.15) is 0 Å². The summed E-state index contributed by atoms with van der Waals surface area (Å²) in [6.45, 7) is 0. The first-order chi connectivity index (χ1) is 9.97. The van der Waals surface area contributed by atoms with E-state index in [2.05, 4.69) is 0 Å². The van der Waals surface area contributed by atoms with Crippen molar-refractivity contribution in [2.45, 2.75) is 4.90 Å². The quantitative estimate of drug-likeness (QED) is 0.569. The van der Waals surface area contributed by atoms with Crippen LogP contribution in [0.15, 0.2) is 50.5 Å². The predicted molar refractivity (Wildman–Crippen MR) is 87.3 cm³/mol. The third-order valence-corrected chi connectivity index (χ3v) is 4.14. The van der Waals surface area contributed by atoms with Gasteiger partial charge in [0.1, 0.15) is 11.2 Å². The standard InChI is InChI=1S/C15H10O5S.Ca.2H/c1-21(19)9-3-4-10-13(7-9)20-12-5-2-8(15(17)18)6-11(12)14(10)16;;;/h2-7H,1H3,(H,17,18);;;/q;+2;2*-1. The van der Waals surface area contributed by atoms with Gasteiger partial charge < -0.3 is 12.4 Å². The number of hydrogen-bond acceptors (Lipinski definition) is 4. The molecule has 0 bridgehead atoms. The van der Waals surface area contributed by atoms with Gasteiger partial charge in [-0.3, -0.25) is 9.00 Å². The molecule has 0 amide bonds. The van der Waals surface area contributed by atoms with Crippen LogP contribution in [0.5, 0.6) is 0 Å². The van der Waals surface area contributed by atoms with E-state index >= 15 is 0 Å². The van der Waals surface area contributed by atoms with Gasteiger partial charge >= 0.3 is 43.7 Å². The number of fused-ring (bicyclic) bond motifs is 2. The summed E-state index contributed by atoms with van der Waals surface area (Å²) in [5.41, 5.74) is 0.364. The van der Waals surface area contributed by atoms with E-state index in [1.165, 1.54) is 18.2 Å². The third-order valence-electron chi connectivity index (χ3n) is 3.22. The maximum absolute atomic E-state index is 12.4. The van der Waals surface area contributed by atoms with E-state index in [1.807, 2.05) is 0 Å². The Morgan fingerprint density at radius 3 is 2.50 bits per heavy atom. The Morgan fingerprint density at radius 1 is 1.14 bits per heavy atom. The molecule has 1 heterocycles. The monoisotopic (exact) mass is 344 g/mol. The Bertz CT molecular complexity index is 987. The molecule has 0 aliphatic heterocycles. The van der Waals surface area contributed by atoms with Crippen molar-refractivity contribution in [3.63, 3.8) is 0 Å². The molecule has 0 fully saturated rings. The average Bonchev–Trinajstić information content (AvgIpc) is 2.46. The van der Waals surface area contributed by atoms with Gasteiger partial charge in [0.05, 0.1) is 16.3 Å². The van der Waals surface area contributed by atoms with Crippen molar-refractivity contribution < 1.29 is 21.4 Å². The van der Waals surface area contributed by atoms with Crippen molar-refractivity contribution in [3.05, 3.63) is 52.2 Å². The number of benzene rings is 2. The van der Waals surface area contributed by atoms with E-state index in [9.17, 15) is 13.8 Å². The number of carboxylic acid groups (broad SMARTS) is 1. The molecule has 0 saturated heterocycles. The van der Waals surface area contributed by atoms with Crippen LogP contribution < -0.4 is 5.43 Å². The Labute approximate surface area is 160 Å². The zero-order chi connectivity index (χ0) is 15.1. The second-order valence-corrected chi connectivity index (χ2v) is 5.94. The molecule has 0 aliphatic rings. The molecule has 3 rings (SSSR count). The normalized spacial score (nSPS) is 12.0. The summed E-state index contributed by atoms with van der Waals surface area (Å²) in [4.78, 5) is 23.9. The van der Waals surface area contributed by atoms with Gasteiger partial charge in [-0.05, 0) is 36.4 Å². The van der Waals surface area contributed by atoms with Crippen LogP contribution in [0.25, 0.3) is 21.9 Å². The molecule has 7 heteroatoms. The van der Waals surface area contributed by atoms with Crippen molar-refractivity contribution >= 4 is 76.4 Å². The van der Waals surface area contributed by atoms with Crippen molar-refractivity contribution in [2.24, 2.45) is 0 Å². The molecule has 3 aromatic rings. The van der Waals surface area contributed by atoms with Crippen LogP contribution in [0.3, 0.4) is 0 Å². The topological polar surface area (TPSA) is 84.6 Å². The van der Waals surface area contributed by atoms with Crippen LogP contribution >= 0.6 is 0 Å². The summed E-state index contributed by atoms with van der Waals surface area (Å²) in [6, 6.07) is 8.84. The van der Waals surface area contributed by atoms with E-state index in [-0.39, 0.29) is 57.0 Å². The molecule has 2 aromatic carbocycles. The van der Waals surface area contributed by atoms with Gasteiger partial charge in [0.25, 0.3) is 0 Å². The fourth-order valence-electron chi connectivity index (χ4n) is 2.15. The van der Waals surface area contributed by atoms with Gasteiger partial charge in [-0.15, -0.1) is 0 Å². The molecule has 110 valence electrons. The van der Waals surface area contributed by atoms with Crippen LogP contribution in [0.2, 0.25) is 0 Å². The minimum absolute atomic E-state index is 0. The summed E-state index contributed by atoms with van der Waals surface area (Å²) in [6.07, 6.45) is 1.54. The minimum Gasteiger partial charge on any atom is -1.00 e. The molecule has 1 atom stereocenters. The molecule has 0 aliphatic carbocycles. The first-order valence-corrected chi connectivity index (χ1v) is 7.60. The van der Waals surface area contributed by atoms with Gasteiger partial charge in [0.2, 0.25) is 5.43 Å². The van der Waals surface area contributed by atoms with Crippen molar-refractivity contribution in [3.8, 4) is 0 Å². The van der Waals surface area contributed by atoms with Crippen LogP contribution in [-0.2, 0) is 10.8 Å². The SMILES string of the molecule is CS(=O)c1ccc2c(=O)c3cc(C(=O)O)ccc3oc2c1.[Ca+2].[H-].[H-]. The first-order valence-electron chi connectivity index (χ1n) is 6.05. The third kappa shape index (κ3) is 2.96. The second-order valence-electron chi connectivity index (χ2n) is 4.56. The Kier molecular flexibility index (Phi) is 5.07. The van der Waals surface area contributed by atoms with Gasteiger partial charge in [-0.1, -0.05) is 0 Å². The average molecular weight is 344 g/mol. The maximum Gasteiger partial charge on any atom is 2.00 e. The summed E-state index contributed by atoms with van der Waals surface area (Å²) in [7, 11) is -1.17. The fraction of sp³-hybridized carbons (Fsp3) is 0.0667. The largest absolute Gasteiger partial charge is 2.00 e. The fourth-order valence-corrected chi connectivity index (χ4v) is 2.68. The summed E-state index contributed by atoms with van der Waals surface area (Å²) < 4.78 is 17.1. The van der Waals surface area contributed by atoms with E-state index in [0.717, 1.165) is 0 Å². The molecular formula is C15H12CaO5S. The zero-order valence-electron chi connectivity index (χ0n) is 13.7. The van der Waals surface area contributed by atoms with Gasteiger partial charge in [0, 0.05) is 22.0 Å². The Hall–Kier alpha value is -1.21. The molecule has 1 aromatic heterocycles. The summed E-state index contributed by atoms with van der Waals surface area (Å²) in [5, 5.41) is 9.53. The van der Waals surface area contributed by atoms with Crippen LogP contribution in [0.4, 0.5) is 0 Å². The molecular weight excluding hydrogens is 332 g/mol. The van der Waals surface area contributed by atoms with Crippen molar-refractivity contribution in [2.75, 3.05) is 6.26 Å². The number of carbonyl (C=O) groups is 1. The van der Waals surface area contributed by atoms with E-state index in [4.69, 9.17) is 9.52 Å². The van der Waals surface area contributed by atoms with Gasteiger partial charge in [0.15, 0.2) is 0 Å². The summed E-state index contributed by atoms with van der Waals surface area (Å²) in [5.74, 6) is -1.10. The zero-order valence-corrected chi connectivity index (χ0v) is 14.7. The Morgan fingerprint density at radius 2 is 1.86 bits per heavy atom. The molecule has 0 spiro atoms. The number of aromatic carboxylic acids is 1. The van der Waals surface area contributed by atoms with Crippen molar-refractivity contribution in [1.29, 1.82) is 0 Å². The molecule has 1 unspecified atom stereocenters. The van der Waals surface area contributed by atoms with Gasteiger partial charge in [-0.25, -0.2) is 4.79 Å². The summed E-state index contributed by atoms with van der Waals surface area (Å²) >= 11 is 0. The molecule has 0 saturated carbocycles. The first kappa shape index (κ1) is 17.1. The molecule has 0 radical (unpaired) electrons. The van der Waals surface area contributed by atoms with E-state index in [1.54, 1.807) is 24.5 Å². The number of carboxylic acids is 1. The number of rotatable bonds is 2. The van der Waals surface area contributed by atoms with Crippen LogP contribution in [0, 0.1) is 0 Å². The molecule has 22 heavy (non-hydrogen) atoms. The Balaban J connectivity index is 0.00000176. The maximum atomic E-state index is 12.4. The second kappa shape index (κ2) is 6.50. The molecule has 5 nitrogen and oxygen atoms in total. The van der Waals surface area contributed by atoms with E-state index in [0.29, 0.717) is 21.4 Å². The minimum atomic E-state index is -1.17. The van der Waals surface area contributed by atoms with Crippen LogP contribution in [-0.4, -0.2) is 59.3 Å². The molecule has 1 N–H and O–H groups in total. The van der Waals surface area contributed by atoms with E-state index < -0.39 is 16.8 Å². The van der Waals surface area contributed by atoms with Crippen LogP contribution in [0.1, 0.15) is 13.2 Å².